The smallest absolute Gasteiger partial charge is 0.191 e. The lowest BCUT2D eigenvalue weighted by Gasteiger charge is -2.29. The highest BCUT2D eigenvalue weighted by Gasteiger charge is 2.15. The molecular weight excluding hydrogens is 252 g/mol. The Kier molecular flexibility index (Phi) is 8.62. The molecule has 1 rings (SSSR count). The van der Waals surface area contributed by atoms with E-state index in [0.29, 0.717) is 5.92 Å². The van der Waals surface area contributed by atoms with Gasteiger partial charge in [-0.05, 0) is 38.6 Å². The maximum atomic E-state index is 9.47. The van der Waals surface area contributed by atoms with Gasteiger partial charge in [-0.3, -0.25) is 4.99 Å². The monoisotopic (exact) mass is 284 g/mol. The molecule has 0 aromatic rings. The van der Waals surface area contributed by atoms with Gasteiger partial charge in [-0.15, -0.1) is 0 Å². The van der Waals surface area contributed by atoms with Crippen LogP contribution in [0.3, 0.4) is 0 Å². The number of aliphatic hydroxyl groups excluding tert-OH is 1. The first kappa shape index (κ1) is 17.2. The van der Waals surface area contributed by atoms with E-state index >= 15 is 0 Å². The van der Waals surface area contributed by atoms with E-state index in [1.165, 1.54) is 0 Å². The Morgan fingerprint density at radius 1 is 1.30 bits per heavy atom. The van der Waals surface area contributed by atoms with Gasteiger partial charge in [-0.2, -0.15) is 0 Å². The van der Waals surface area contributed by atoms with E-state index < -0.39 is 0 Å². The predicted octanol–water partition coefficient (Wildman–Crippen LogP) is 1.04. The van der Waals surface area contributed by atoms with Crippen molar-refractivity contribution in [2.45, 2.75) is 46.1 Å². The van der Waals surface area contributed by atoms with Crippen molar-refractivity contribution in [2.75, 3.05) is 39.3 Å². The van der Waals surface area contributed by atoms with Crippen LogP contribution in [0.15, 0.2) is 4.99 Å². The number of likely N-dealkylation sites (tertiary alicyclic amines) is 1. The number of hydrogen-bond donors (Lipinski definition) is 3. The van der Waals surface area contributed by atoms with Crippen LogP contribution in [0.1, 0.15) is 40.0 Å². The number of nitrogens with zero attached hydrogens (tertiary/aromatic N) is 2. The van der Waals surface area contributed by atoms with Crippen LogP contribution in [-0.2, 0) is 0 Å². The normalized spacial score (nSPS) is 18.6. The van der Waals surface area contributed by atoms with Crippen molar-refractivity contribution >= 4 is 5.96 Å². The summed E-state index contributed by atoms with van der Waals surface area (Å²) in [6, 6.07) is 0. The van der Waals surface area contributed by atoms with Crippen LogP contribution in [0.5, 0.6) is 0 Å². The fraction of sp³-hybridized carbons (Fsp3) is 0.933. The molecule has 5 nitrogen and oxygen atoms in total. The second-order valence-corrected chi connectivity index (χ2v) is 5.97. The second kappa shape index (κ2) is 10.00. The number of hydrogen-bond acceptors (Lipinski definition) is 3. The molecule has 0 aromatic heterocycles. The third-order valence-electron chi connectivity index (χ3n) is 3.46. The Labute approximate surface area is 123 Å². The van der Waals surface area contributed by atoms with E-state index in [1.54, 1.807) is 0 Å². The zero-order valence-corrected chi connectivity index (χ0v) is 13.4. The molecule has 5 heteroatoms. The van der Waals surface area contributed by atoms with Crippen molar-refractivity contribution in [3.05, 3.63) is 0 Å². The molecule has 1 fully saturated rings. The summed E-state index contributed by atoms with van der Waals surface area (Å²) in [4.78, 5) is 6.99. The lowest BCUT2D eigenvalue weighted by atomic mass is 10.1. The minimum absolute atomic E-state index is 0.0760. The summed E-state index contributed by atoms with van der Waals surface area (Å²) in [5.74, 6) is 1.51. The Bertz CT molecular complexity index is 273. The largest absolute Gasteiger partial charge is 0.393 e. The maximum Gasteiger partial charge on any atom is 0.191 e. The first-order chi connectivity index (χ1) is 9.61. The van der Waals surface area contributed by atoms with Gasteiger partial charge in [0.25, 0.3) is 0 Å². The average molecular weight is 284 g/mol. The van der Waals surface area contributed by atoms with Gasteiger partial charge in [-0.25, -0.2) is 0 Å². The number of aliphatic imine (C=N–C) groups is 1. The average Bonchev–Trinajstić information content (AvgIpc) is 2.42. The minimum Gasteiger partial charge on any atom is -0.393 e. The second-order valence-electron chi connectivity index (χ2n) is 5.97. The van der Waals surface area contributed by atoms with E-state index in [4.69, 9.17) is 0 Å². The summed E-state index contributed by atoms with van der Waals surface area (Å²) in [7, 11) is 0. The molecule has 20 heavy (non-hydrogen) atoms. The summed E-state index contributed by atoms with van der Waals surface area (Å²) in [5.41, 5.74) is 0. The first-order valence-electron chi connectivity index (χ1n) is 8.04. The topological polar surface area (TPSA) is 59.9 Å². The Morgan fingerprint density at radius 2 is 2.00 bits per heavy atom. The Hall–Kier alpha value is -0.810. The zero-order chi connectivity index (χ0) is 14.8. The summed E-state index contributed by atoms with van der Waals surface area (Å²) in [6.45, 7) is 12.3. The molecule has 0 unspecified atom stereocenters. The quantitative estimate of drug-likeness (QED) is 0.371. The lowest BCUT2D eigenvalue weighted by molar-refractivity contribution is 0.0823. The SMILES string of the molecule is CCNC(=NCC(C)C)NCCCN1CCC(O)CC1. The predicted molar refractivity (Wildman–Crippen MR) is 85.1 cm³/mol. The summed E-state index contributed by atoms with van der Waals surface area (Å²) in [5, 5.41) is 16.1. The summed E-state index contributed by atoms with van der Waals surface area (Å²) < 4.78 is 0. The van der Waals surface area contributed by atoms with Crippen LogP contribution in [0.4, 0.5) is 0 Å². The van der Waals surface area contributed by atoms with Crippen LogP contribution in [0.25, 0.3) is 0 Å². The van der Waals surface area contributed by atoms with Crippen molar-refractivity contribution in [3.8, 4) is 0 Å². The molecular formula is C15H32N4O. The van der Waals surface area contributed by atoms with Gasteiger partial charge in [0.15, 0.2) is 5.96 Å². The van der Waals surface area contributed by atoms with E-state index in [2.05, 4.69) is 41.3 Å². The number of nitrogens with one attached hydrogen (secondary N) is 2. The zero-order valence-electron chi connectivity index (χ0n) is 13.4. The third kappa shape index (κ3) is 7.70. The fourth-order valence-electron chi connectivity index (χ4n) is 2.27. The molecule has 1 heterocycles. The van der Waals surface area contributed by atoms with Crippen LogP contribution >= 0.6 is 0 Å². The molecule has 1 aliphatic rings. The van der Waals surface area contributed by atoms with E-state index in [-0.39, 0.29) is 6.10 Å². The Morgan fingerprint density at radius 3 is 2.60 bits per heavy atom. The van der Waals surface area contributed by atoms with Crippen LogP contribution in [0, 0.1) is 5.92 Å². The molecule has 0 saturated carbocycles. The summed E-state index contributed by atoms with van der Waals surface area (Å²) >= 11 is 0. The molecule has 0 spiro atoms. The standard InChI is InChI=1S/C15H32N4O/c1-4-16-15(18-12-13(2)3)17-8-5-9-19-10-6-14(20)7-11-19/h13-14,20H,4-12H2,1-3H3,(H2,16,17,18). The van der Waals surface area contributed by atoms with Gasteiger partial charge in [0.1, 0.15) is 0 Å². The van der Waals surface area contributed by atoms with Crippen molar-refractivity contribution in [1.29, 1.82) is 0 Å². The van der Waals surface area contributed by atoms with Crippen LogP contribution < -0.4 is 10.6 Å². The van der Waals surface area contributed by atoms with Gasteiger partial charge in [0, 0.05) is 32.7 Å². The molecule has 0 aliphatic carbocycles. The van der Waals surface area contributed by atoms with Gasteiger partial charge >= 0.3 is 0 Å². The highest BCUT2D eigenvalue weighted by Crippen LogP contribution is 2.09. The highest BCUT2D eigenvalue weighted by atomic mass is 16.3. The summed E-state index contributed by atoms with van der Waals surface area (Å²) in [6.07, 6.45) is 2.88. The minimum atomic E-state index is -0.0760. The van der Waals surface area contributed by atoms with Crippen LogP contribution in [-0.4, -0.2) is 61.3 Å². The molecule has 3 N–H and O–H groups in total. The number of rotatable bonds is 7. The van der Waals surface area contributed by atoms with Crippen molar-refractivity contribution in [2.24, 2.45) is 10.9 Å². The maximum absolute atomic E-state index is 9.47. The van der Waals surface area contributed by atoms with Gasteiger partial charge < -0.3 is 20.6 Å². The van der Waals surface area contributed by atoms with Crippen LogP contribution in [0.2, 0.25) is 0 Å². The lowest BCUT2D eigenvalue weighted by Crippen LogP contribution is -2.40. The van der Waals surface area contributed by atoms with Crippen molar-refractivity contribution < 1.29 is 5.11 Å². The fourth-order valence-corrected chi connectivity index (χ4v) is 2.27. The number of piperidine rings is 1. The van der Waals surface area contributed by atoms with E-state index in [9.17, 15) is 5.11 Å². The number of aliphatic hydroxyl groups is 1. The van der Waals surface area contributed by atoms with Gasteiger partial charge in [-0.1, -0.05) is 13.8 Å². The molecule has 0 amide bonds. The molecule has 1 aliphatic heterocycles. The van der Waals surface area contributed by atoms with Crippen molar-refractivity contribution in [3.63, 3.8) is 0 Å². The molecule has 118 valence electrons. The highest BCUT2D eigenvalue weighted by molar-refractivity contribution is 5.79. The molecule has 0 atom stereocenters. The molecule has 0 aromatic carbocycles. The van der Waals surface area contributed by atoms with E-state index in [1.807, 2.05) is 0 Å². The molecule has 0 bridgehead atoms. The Balaban J connectivity index is 2.15. The van der Waals surface area contributed by atoms with Crippen molar-refractivity contribution in [1.82, 2.24) is 15.5 Å². The first-order valence-corrected chi connectivity index (χ1v) is 8.04. The van der Waals surface area contributed by atoms with Gasteiger partial charge in [0.2, 0.25) is 0 Å². The van der Waals surface area contributed by atoms with Gasteiger partial charge in [0.05, 0.1) is 6.10 Å². The van der Waals surface area contributed by atoms with E-state index in [0.717, 1.165) is 64.5 Å². The number of guanidine groups is 1. The molecule has 1 saturated heterocycles. The molecule has 0 radical (unpaired) electrons. The third-order valence-corrected chi connectivity index (χ3v) is 3.46.